The Morgan fingerprint density at radius 2 is 2.20 bits per heavy atom. The minimum atomic E-state index is -0.607. The summed E-state index contributed by atoms with van der Waals surface area (Å²) in [5.41, 5.74) is 0.863. The maximum Gasteiger partial charge on any atom is 0.223 e. The summed E-state index contributed by atoms with van der Waals surface area (Å²) >= 11 is 0. The first-order chi connectivity index (χ1) is 9.65. The maximum absolute atomic E-state index is 13.5. The number of nitriles is 1. The summed E-state index contributed by atoms with van der Waals surface area (Å²) in [7, 11) is 1.84. The van der Waals surface area contributed by atoms with E-state index in [-0.39, 0.29) is 11.6 Å². The minimum Gasteiger partial charge on any atom is -0.439 e. The van der Waals surface area contributed by atoms with E-state index >= 15 is 0 Å². The van der Waals surface area contributed by atoms with Gasteiger partial charge in [-0.25, -0.2) is 9.37 Å². The average molecular weight is 271 g/mol. The summed E-state index contributed by atoms with van der Waals surface area (Å²) < 4.78 is 19.2. The van der Waals surface area contributed by atoms with Crippen molar-refractivity contribution >= 4 is 0 Å². The standard InChI is InChI=1S/C15H14FN3O/c1-10(18-2)13-4-3-7-19-15(13)20-12-6-5-11(9-17)14(16)8-12/h3-8,10,18H,1-2H3. The van der Waals surface area contributed by atoms with Crippen LogP contribution in [0, 0.1) is 17.1 Å². The second-order valence-corrected chi connectivity index (χ2v) is 4.26. The summed E-state index contributed by atoms with van der Waals surface area (Å²) in [6, 6.07) is 9.64. The van der Waals surface area contributed by atoms with Gasteiger partial charge in [-0.1, -0.05) is 6.07 Å². The van der Waals surface area contributed by atoms with Crippen molar-refractivity contribution in [3.05, 3.63) is 53.5 Å². The Balaban J connectivity index is 2.31. The molecule has 1 aromatic carbocycles. The van der Waals surface area contributed by atoms with Crippen molar-refractivity contribution in [3.8, 4) is 17.7 Å². The molecule has 1 unspecified atom stereocenters. The van der Waals surface area contributed by atoms with Gasteiger partial charge in [0.1, 0.15) is 17.6 Å². The summed E-state index contributed by atoms with van der Waals surface area (Å²) in [6.07, 6.45) is 1.61. The van der Waals surface area contributed by atoms with Gasteiger partial charge in [0.25, 0.3) is 0 Å². The summed E-state index contributed by atoms with van der Waals surface area (Å²) in [6.45, 7) is 1.98. The Hall–Kier alpha value is -2.45. The van der Waals surface area contributed by atoms with Crippen LogP contribution >= 0.6 is 0 Å². The second kappa shape index (κ2) is 6.13. The van der Waals surface area contributed by atoms with Crippen LogP contribution in [0.15, 0.2) is 36.5 Å². The molecule has 20 heavy (non-hydrogen) atoms. The van der Waals surface area contributed by atoms with E-state index in [1.807, 2.05) is 26.1 Å². The van der Waals surface area contributed by atoms with Crippen LogP contribution in [-0.4, -0.2) is 12.0 Å². The quantitative estimate of drug-likeness (QED) is 0.928. The van der Waals surface area contributed by atoms with Crippen LogP contribution in [0.25, 0.3) is 0 Å². The van der Waals surface area contributed by atoms with Crippen molar-refractivity contribution in [2.45, 2.75) is 13.0 Å². The van der Waals surface area contributed by atoms with Gasteiger partial charge in [-0.05, 0) is 32.2 Å². The number of nitrogens with zero attached hydrogens (tertiary/aromatic N) is 2. The molecule has 2 rings (SSSR count). The van der Waals surface area contributed by atoms with Crippen molar-refractivity contribution in [1.29, 1.82) is 5.26 Å². The van der Waals surface area contributed by atoms with Crippen LogP contribution in [-0.2, 0) is 0 Å². The van der Waals surface area contributed by atoms with E-state index in [1.54, 1.807) is 18.3 Å². The molecule has 0 fully saturated rings. The van der Waals surface area contributed by atoms with Gasteiger partial charge >= 0.3 is 0 Å². The second-order valence-electron chi connectivity index (χ2n) is 4.26. The van der Waals surface area contributed by atoms with E-state index in [4.69, 9.17) is 10.00 Å². The van der Waals surface area contributed by atoms with Gasteiger partial charge in [-0.3, -0.25) is 0 Å². The monoisotopic (exact) mass is 271 g/mol. The van der Waals surface area contributed by atoms with Crippen LogP contribution in [0.2, 0.25) is 0 Å². The number of ether oxygens (including phenoxy) is 1. The Morgan fingerprint density at radius 1 is 1.40 bits per heavy atom. The molecule has 102 valence electrons. The molecule has 0 radical (unpaired) electrons. The third-order valence-electron chi connectivity index (χ3n) is 2.98. The molecule has 4 nitrogen and oxygen atoms in total. The smallest absolute Gasteiger partial charge is 0.223 e. The highest BCUT2D eigenvalue weighted by Crippen LogP contribution is 2.27. The first-order valence-electron chi connectivity index (χ1n) is 6.15. The Morgan fingerprint density at radius 3 is 2.85 bits per heavy atom. The van der Waals surface area contributed by atoms with Crippen LogP contribution < -0.4 is 10.1 Å². The van der Waals surface area contributed by atoms with Crippen LogP contribution in [0.4, 0.5) is 4.39 Å². The van der Waals surface area contributed by atoms with Crippen molar-refractivity contribution in [3.63, 3.8) is 0 Å². The minimum absolute atomic E-state index is 0.0119. The van der Waals surface area contributed by atoms with Gasteiger partial charge in [0, 0.05) is 23.9 Å². The zero-order valence-electron chi connectivity index (χ0n) is 11.2. The zero-order chi connectivity index (χ0) is 14.5. The molecule has 1 aromatic heterocycles. The van der Waals surface area contributed by atoms with Crippen LogP contribution in [0.3, 0.4) is 0 Å². The predicted octanol–water partition coefficient (Wildman–Crippen LogP) is 3.17. The lowest BCUT2D eigenvalue weighted by molar-refractivity contribution is 0.443. The first kappa shape index (κ1) is 14.0. The van der Waals surface area contributed by atoms with Crippen molar-refractivity contribution in [1.82, 2.24) is 10.3 Å². The van der Waals surface area contributed by atoms with Gasteiger partial charge in [-0.2, -0.15) is 5.26 Å². The lowest BCUT2D eigenvalue weighted by atomic mass is 10.1. The number of hydrogen-bond donors (Lipinski definition) is 1. The average Bonchev–Trinajstić information content (AvgIpc) is 2.47. The largest absolute Gasteiger partial charge is 0.439 e. The SMILES string of the molecule is CNC(C)c1cccnc1Oc1ccc(C#N)c(F)c1. The molecule has 0 aliphatic heterocycles. The molecule has 1 atom stereocenters. The van der Waals surface area contributed by atoms with Gasteiger partial charge in [-0.15, -0.1) is 0 Å². The number of hydrogen-bond acceptors (Lipinski definition) is 4. The Bertz CT molecular complexity index is 652. The van der Waals surface area contributed by atoms with E-state index in [9.17, 15) is 4.39 Å². The first-order valence-corrected chi connectivity index (χ1v) is 6.15. The molecule has 0 amide bonds. The fraction of sp³-hybridized carbons (Fsp3) is 0.200. The number of halogens is 1. The molecule has 0 aliphatic rings. The molecular formula is C15H14FN3O. The number of rotatable bonds is 4. The molecule has 2 aromatic rings. The molecule has 5 heteroatoms. The summed E-state index contributed by atoms with van der Waals surface area (Å²) in [4.78, 5) is 4.17. The third kappa shape index (κ3) is 2.92. The maximum atomic E-state index is 13.5. The number of pyridine rings is 1. The van der Waals surface area contributed by atoms with Gasteiger partial charge in [0.2, 0.25) is 5.88 Å². The highest BCUT2D eigenvalue weighted by atomic mass is 19.1. The molecule has 1 heterocycles. The number of nitrogens with one attached hydrogen (secondary N) is 1. The molecule has 0 bridgehead atoms. The van der Waals surface area contributed by atoms with Crippen LogP contribution in [0.5, 0.6) is 11.6 Å². The summed E-state index contributed by atoms with van der Waals surface area (Å²) in [5.74, 6) is 0.118. The van der Waals surface area contributed by atoms with Gasteiger partial charge < -0.3 is 10.1 Å². The molecular weight excluding hydrogens is 257 g/mol. The molecule has 1 N–H and O–H groups in total. The number of aromatic nitrogens is 1. The zero-order valence-corrected chi connectivity index (χ0v) is 11.2. The van der Waals surface area contributed by atoms with E-state index in [0.29, 0.717) is 11.6 Å². The fourth-order valence-electron chi connectivity index (χ4n) is 1.74. The lowest BCUT2D eigenvalue weighted by Gasteiger charge is -2.15. The van der Waals surface area contributed by atoms with E-state index in [2.05, 4.69) is 10.3 Å². The predicted molar refractivity (Wildman–Crippen MR) is 72.9 cm³/mol. The topological polar surface area (TPSA) is 57.9 Å². The number of benzene rings is 1. The Labute approximate surface area is 116 Å². The molecule has 0 saturated carbocycles. The molecule has 0 spiro atoms. The van der Waals surface area contributed by atoms with E-state index in [0.717, 1.165) is 5.56 Å². The Kier molecular flexibility index (Phi) is 4.28. The molecule has 0 aliphatic carbocycles. The lowest BCUT2D eigenvalue weighted by Crippen LogP contribution is -2.13. The highest BCUT2D eigenvalue weighted by molar-refractivity contribution is 5.39. The fourth-order valence-corrected chi connectivity index (χ4v) is 1.74. The summed E-state index contributed by atoms with van der Waals surface area (Å²) in [5, 5.41) is 11.8. The van der Waals surface area contributed by atoms with E-state index in [1.165, 1.54) is 12.1 Å². The van der Waals surface area contributed by atoms with E-state index < -0.39 is 5.82 Å². The van der Waals surface area contributed by atoms with Crippen molar-refractivity contribution in [2.75, 3.05) is 7.05 Å². The normalized spacial score (nSPS) is 11.7. The highest BCUT2D eigenvalue weighted by Gasteiger charge is 2.12. The van der Waals surface area contributed by atoms with Crippen molar-refractivity contribution < 1.29 is 9.13 Å². The van der Waals surface area contributed by atoms with Gasteiger partial charge in [0.05, 0.1) is 5.56 Å². The molecule has 0 saturated heterocycles. The third-order valence-corrected chi connectivity index (χ3v) is 2.98. The van der Waals surface area contributed by atoms with Crippen LogP contribution in [0.1, 0.15) is 24.1 Å². The van der Waals surface area contributed by atoms with Crippen molar-refractivity contribution in [2.24, 2.45) is 0 Å². The van der Waals surface area contributed by atoms with Gasteiger partial charge in [0.15, 0.2) is 0 Å².